The molecule has 0 saturated carbocycles. The number of ether oxygens (including phenoxy) is 1. The molecule has 118 valence electrons. The Hall–Kier alpha value is -1.12. The number of alkyl halides is 3. The van der Waals surface area contributed by atoms with Gasteiger partial charge in [0.2, 0.25) is 0 Å². The van der Waals surface area contributed by atoms with Gasteiger partial charge in [-0.3, -0.25) is 0 Å². The van der Waals surface area contributed by atoms with E-state index in [4.69, 9.17) is 9.84 Å². The topological polar surface area (TPSA) is 75.6 Å². The summed E-state index contributed by atoms with van der Waals surface area (Å²) in [5.74, 6) is -1.75. The Balaban J connectivity index is 4.18. The van der Waals surface area contributed by atoms with Gasteiger partial charge in [0.1, 0.15) is 11.6 Å². The molecule has 20 heavy (non-hydrogen) atoms. The maximum Gasteiger partial charge on any atom is 0.408 e. The first-order chi connectivity index (χ1) is 8.91. The monoisotopic (exact) mass is 317 g/mol. The van der Waals surface area contributed by atoms with Crippen LogP contribution < -0.4 is 5.32 Å². The van der Waals surface area contributed by atoms with Crippen molar-refractivity contribution in [1.29, 1.82) is 0 Å². The van der Waals surface area contributed by atoms with Crippen LogP contribution in [0.15, 0.2) is 0 Å². The van der Waals surface area contributed by atoms with Crippen molar-refractivity contribution in [2.75, 3.05) is 11.5 Å². The fraction of sp³-hybridized carbons (Fsp3) is 0.818. The van der Waals surface area contributed by atoms with Gasteiger partial charge in [-0.2, -0.15) is 24.9 Å². The number of carboxylic acids is 1. The lowest BCUT2D eigenvalue weighted by atomic mass is 10.2. The molecule has 0 radical (unpaired) electrons. The maximum atomic E-state index is 11.9. The minimum Gasteiger partial charge on any atom is -0.480 e. The second-order valence-corrected chi connectivity index (χ2v) is 6.13. The lowest BCUT2D eigenvalue weighted by Gasteiger charge is -2.21. The number of rotatable bonds is 6. The van der Waals surface area contributed by atoms with Crippen molar-refractivity contribution in [3.8, 4) is 0 Å². The SMILES string of the molecule is CC(C)(C)OC(=O)NC(CSCCC(F)(F)F)C(=O)O. The van der Waals surface area contributed by atoms with Crippen LogP contribution in [0.5, 0.6) is 0 Å². The number of aliphatic carboxylic acids is 1. The van der Waals surface area contributed by atoms with E-state index in [9.17, 15) is 22.8 Å². The number of carbonyl (C=O) groups is 2. The highest BCUT2D eigenvalue weighted by molar-refractivity contribution is 7.99. The van der Waals surface area contributed by atoms with Gasteiger partial charge >= 0.3 is 18.2 Å². The Morgan fingerprint density at radius 3 is 2.25 bits per heavy atom. The van der Waals surface area contributed by atoms with E-state index in [0.717, 1.165) is 11.8 Å². The number of nitrogens with one attached hydrogen (secondary N) is 1. The molecule has 0 aromatic heterocycles. The van der Waals surface area contributed by atoms with E-state index < -0.39 is 36.3 Å². The average Bonchev–Trinajstić information content (AvgIpc) is 2.17. The molecule has 5 nitrogen and oxygen atoms in total. The zero-order valence-electron chi connectivity index (χ0n) is 11.4. The largest absolute Gasteiger partial charge is 0.480 e. The molecule has 9 heteroatoms. The van der Waals surface area contributed by atoms with E-state index in [2.05, 4.69) is 5.32 Å². The van der Waals surface area contributed by atoms with Crippen LogP contribution in [0.1, 0.15) is 27.2 Å². The first kappa shape index (κ1) is 18.9. The molecule has 0 heterocycles. The van der Waals surface area contributed by atoms with Gasteiger partial charge in [0.15, 0.2) is 0 Å². The van der Waals surface area contributed by atoms with Crippen LogP contribution >= 0.6 is 11.8 Å². The second-order valence-electron chi connectivity index (χ2n) is 4.98. The Bertz CT molecular complexity index is 342. The molecule has 0 fully saturated rings. The normalized spacial score (nSPS) is 13.7. The molecule has 0 saturated heterocycles. The number of halogens is 3. The molecule has 1 atom stereocenters. The first-order valence-electron chi connectivity index (χ1n) is 5.77. The van der Waals surface area contributed by atoms with Crippen molar-refractivity contribution in [2.24, 2.45) is 0 Å². The Morgan fingerprint density at radius 2 is 1.85 bits per heavy atom. The summed E-state index contributed by atoms with van der Waals surface area (Å²) >= 11 is 0.805. The number of thioether (sulfide) groups is 1. The molecule has 2 N–H and O–H groups in total. The molecule has 0 aromatic rings. The molecule has 0 aliphatic heterocycles. The molecule has 0 aliphatic rings. The second kappa shape index (κ2) is 7.61. The van der Waals surface area contributed by atoms with E-state index in [1.54, 1.807) is 20.8 Å². The smallest absolute Gasteiger partial charge is 0.408 e. The van der Waals surface area contributed by atoms with Crippen LogP contribution in [0.4, 0.5) is 18.0 Å². The van der Waals surface area contributed by atoms with Crippen LogP contribution in [0.2, 0.25) is 0 Å². The van der Waals surface area contributed by atoms with Gasteiger partial charge in [-0.15, -0.1) is 0 Å². The fourth-order valence-corrected chi connectivity index (χ4v) is 2.02. The summed E-state index contributed by atoms with van der Waals surface area (Å²) in [6.45, 7) is 4.83. The van der Waals surface area contributed by atoms with Gasteiger partial charge in [0.25, 0.3) is 0 Å². The average molecular weight is 317 g/mol. The van der Waals surface area contributed by atoms with E-state index >= 15 is 0 Å². The van der Waals surface area contributed by atoms with Crippen LogP contribution in [0, 0.1) is 0 Å². The number of carbonyl (C=O) groups excluding carboxylic acids is 1. The number of hydrogen-bond acceptors (Lipinski definition) is 4. The molecule has 1 amide bonds. The zero-order chi connectivity index (χ0) is 16.0. The summed E-state index contributed by atoms with van der Waals surface area (Å²) < 4.78 is 40.6. The third-order valence-electron chi connectivity index (χ3n) is 1.80. The zero-order valence-corrected chi connectivity index (χ0v) is 12.2. The van der Waals surface area contributed by atoms with Crippen molar-refractivity contribution in [2.45, 2.75) is 45.0 Å². The standard InChI is InChI=1S/C11H18F3NO4S/c1-10(2,3)19-9(18)15-7(8(16)17)6-20-5-4-11(12,13)14/h7H,4-6H2,1-3H3,(H,15,18)(H,16,17). The molecule has 0 aliphatic carbocycles. The highest BCUT2D eigenvalue weighted by Gasteiger charge is 2.28. The van der Waals surface area contributed by atoms with Crippen LogP contribution in [0.3, 0.4) is 0 Å². The summed E-state index contributed by atoms with van der Waals surface area (Å²) in [5.41, 5.74) is -0.781. The van der Waals surface area contributed by atoms with Crippen LogP contribution in [0.25, 0.3) is 0 Å². The third kappa shape index (κ3) is 10.8. The molecule has 0 spiro atoms. The molecule has 0 bridgehead atoms. The summed E-state index contributed by atoms with van der Waals surface area (Å²) in [4.78, 5) is 22.3. The van der Waals surface area contributed by atoms with Gasteiger partial charge in [0.05, 0.1) is 6.42 Å². The van der Waals surface area contributed by atoms with Crippen molar-refractivity contribution in [3.05, 3.63) is 0 Å². The van der Waals surface area contributed by atoms with Gasteiger partial charge in [0, 0.05) is 11.5 Å². The Kier molecular flexibility index (Phi) is 7.18. The van der Waals surface area contributed by atoms with Crippen molar-refractivity contribution in [1.82, 2.24) is 5.32 Å². The number of amides is 1. The van der Waals surface area contributed by atoms with Gasteiger partial charge in [-0.25, -0.2) is 9.59 Å². The maximum absolute atomic E-state index is 11.9. The molecule has 0 aromatic carbocycles. The number of alkyl carbamates (subject to hydrolysis) is 1. The predicted molar refractivity (Wildman–Crippen MR) is 68.8 cm³/mol. The number of carboxylic acid groups (broad SMARTS) is 1. The summed E-state index contributed by atoms with van der Waals surface area (Å²) in [6.07, 6.45) is -6.19. The quantitative estimate of drug-likeness (QED) is 0.737. The van der Waals surface area contributed by atoms with E-state index in [0.29, 0.717) is 0 Å². The molecular formula is C11H18F3NO4S. The van der Waals surface area contributed by atoms with Crippen molar-refractivity contribution >= 4 is 23.8 Å². The highest BCUT2D eigenvalue weighted by atomic mass is 32.2. The highest BCUT2D eigenvalue weighted by Crippen LogP contribution is 2.22. The summed E-state index contributed by atoms with van der Waals surface area (Å²) in [6, 6.07) is -1.29. The van der Waals surface area contributed by atoms with E-state index in [-0.39, 0.29) is 11.5 Å². The minimum absolute atomic E-state index is 0.162. The number of hydrogen-bond donors (Lipinski definition) is 2. The molecule has 0 rings (SSSR count). The molecular weight excluding hydrogens is 299 g/mol. The van der Waals surface area contributed by atoms with Crippen molar-refractivity contribution in [3.63, 3.8) is 0 Å². The fourth-order valence-electron chi connectivity index (χ4n) is 1.01. The predicted octanol–water partition coefficient (Wildman–Crippen LogP) is 2.65. The van der Waals surface area contributed by atoms with Gasteiger partial charge < -0.3 is 15.2 Å². The third-order valence-corrected chi connectivity index (χ3v) is 2.87. The van der Waals surface area contributed by atoms with Gasteiger partial charge in [-0.1, -0.05) is 0 Å². The summed E-state index contributed by atoms with van der Waals surface area (Å²) in [5, 5.41) is 11.0. The lowest BCUT2D eigenvalue weighted by molar-refractivity contribution is -0.138. The minimum atomic E-state index is -4.27. The lowest BCUT2D eigenvalue weighted by Crippen LogP contribution is -2.45. The Labute approximate surface area is 119 Å². The van der Waals surface area contributed by atoms with Crippen LogP contribution in [-0.2, 0) is 9.53 Å². The Morgan fingerprint density at radius 1 is 1.30 bits per heavy atom. The van der Waals surface area contributed by atoms with Gasteiger partial charge in [-0.05, 0) is 20.8 Å². The van der Waals surface area contributed by atoms with E-state index in [1.807, 2.05) is 0 Å². The first-order valence-corrected chi connectivity index (χ1v) is 6.93. The van der Waals surface area contributed by atoms with E-state index in [1.165, 1.54) is 0 Å². The van der Waals surface area contributed by atoms with Crippen molar-refractivity contribution < 1.29 is 32.6 Å². The van der Waals surface area contributed by atoms with Crippen LogP contribution in [-0.4, -0.2) is 46.5 Å². The summed E-state index contributed by atoms with van der Waals surface area (Å²) in [7, 11) is 0. The molecule has 1 unspecified atom stereocenters.